The molecule has 0 aromatic heterocycles. The van der Waals surface area contributed by atoms with Gasteiger partial charge < -0.3 is 25.0 Å². The fourth-order valence-corrected chi connectivity index (χ4v) is 4.58. The number of nitrogens with one attached hydrogen (secondary N) is 1. The van der Waals surface area contributed by atoms with Gasteiger partial charge >= 0.3 is 6.03 Å². The third-order valence-electron chi connectivity index (χ3n) is 6.04. The van der Waals surface area contributed by atoms with Crippen molar-refractivity contribution in [3.8, 4) is 5.75 Å². The zero-order valence-corrected chi connectivity index (χ0v) is 17.7. The Labute approximate surface area is 181 Å². The van der Waals surface area contributed by atoms with Crippen molar-refractivity contribution in [2.24, 2.45) is 0 Å². The first-order valence-electron chi connectivity index (χ1n) is 10.4. The Morgan fingerprint density at radius 3 is 2.71 bits per heavy atom. The number of allylic oxidation sites excluding steroid dienone is 1. The van der Waals surface area contributed by atoms with E-state index in [4.69, 9.17) is 4.74 Å². The second-order valence-corrected chi connectivity index (χ2v) is 7.85. The van der Waals surface area contributed by atoms with Crippen LogP contribution < -0.4 is 10.1 Å². The summed E-state index contributed by atoms with van der Waals surface area (Å²) in [6.45, 7) is 2.28. The zero-order valence-electron chi connectivity index (χ0n) is 17.7. The fraction of sp³-hybridized carbons (Fsp3) is 0.333. The molecule has 2 saturated heterocycles. The second-order valence-electron chi connectivity index (χ2n) is 7.85. The molecule has 31 heavy (non-hydrogen) atoms. The lowest BCUT2D eigenvalue weighted by Gasteiger charge is -2.58. The van der Waals surface area contributed by atoms with E-state index >= 15 is 0 Å². The van der Waals surface area contributed by atoms with Crippen LogP contribution in [0.3, 0.4) is 0 Å². The molecule has 0 saturated carbocycles. The van der Waals surface area contributed by atoms with E-state index in [2.05, 4.69) is 5.32 Å². The number of benzene rings is 2. The first-order valence-corrected chi connectivity index (χ1v) is 10.4. The number of aliphatic hydroxyl groups is 1. The number of hydrogen-bond donors (Lipinski definition) is 2. The van der Waals surface area contributed by atoms with Gasteiger partial charge in [-0.15, -0.1) is 0 Å². The van der Waals surface area contributed by atoms with Crippen LogP contribution in [0.5, 0.6) is 5.75 Å². The van der Waals surface area contributed by atoms with Gasteiger partial charge in [-0.1, -0.05) is 42.5 Å². The van der Waals surface area contributed by atoms with E-state index < -0.39 is 0 Å². The van der Waals surface area contributed by atoms with Gasteiger partial charge in [-0.3, -0.25) is 4.79 Å². The quantitative estimate of drug-likeness (QED) is 0.778. The van der Waals surface area contributed by atoms with E-state index in [-0.39, 0.29) is 43.1 Å². The van der Waals surface area contributed by atoms with E-state index in [9.17, 15) is 14.7 Å². The monoisotopic (exact) mass is 421 g/mol. The van der Waals surface area contributed by atoms with Crippen LogP contribution in [0, 0.1) is 0 Å². The molecule has 2 aliphatic rings. The predicted molar refractivity (Wildman–Crippen MR) is 119 cm³/mol. The van der Waals surface area contributed by atoms with Crippen molar-refractivity contribution in [3.05, 3.63) is 65.7 Å². The largest absolute Gasteiger partial charge is 0.497 e. The molecule has 7 nitrogen and oxygen atoms in total. The van der Waals surface area contributed by atoms with Gasteiger partial charge in [0.2, 0.25) is 5.91 Å². The summed E-state index contributed by atoms with van der Waals surface area (Å²) >= 11 is 0. The van der Waals surface area contributed by atoms with Crippen LogP contribution in [0.4, 0.5) is 10.5 Å². The summed E-state index contributed by atoms with van der Waals surface area (Å²) < 4.78 is 5.20. The minimum absolute atomic E-state index is 0.00421. The molecule has 0 bridgehead atoms. The highest BCUT2D eigenvalue weighted by atomic mass is 16.5. The molecule has 3 atom stereocenters. The highest BCUT2D eigenvalue weighted by molar-refractivity contribution is 5.94. The number of rotatable bonds is 5. The van der Waals surface area contributed by atoms with Gasteiger partial charge in [0.05, 0.1) is 25.8 Å². The highest BCUT2D eigenvalue weighted by Gasteiger charge is 2.54. The van der Waals surface area contributed by atoms with Crippen molar-refractivity contribution in [3.63, 3.8) is 0 Å². The number of amides is 3. The van der Waals surface area contributed by atoms with E-state index in [0.717, 1.165) is 11.1 Å². The molecule has 0 radical (unpaired) electrons. The van der Waals surface area contributed by atoms with Crippen LogP contribution in [-0.4, -0.2) is 65.7 Å². The lowest BCUT2D eigenvalue weighted by atomic mass is 9.73. The standard InChI is InChI=1S/C24H27N3O4/c1-3-5-16-8-10-17(11-9-16)23-20-13-26(14-22(29)27(20)21(23)15-28)24(30)25-18-6-4-7-19(12-18)31-2/h3-12,20-21,23,28H,13-15H2,1-2H3,(H,25,30)/b5-3+/t20-,21+,23+/m1/s1. The molecule has 2 fully saturated rings. The number of urea groups is 1. The van der Waals surface area contributed by atoms with Crippen LogP contribution in [0.2, 0.25) is 0 Å². The fourth-order valence-electron chi connectivity index (χ4n) is 4.58. The Kier molecular flexibility index (Phi) is 5.95. The number of carbonyl (C=O) groups excluding carboxylic acids is 2. The van der Waals surface area contributed by atoms with Gasteiger partial charge in [-0.25, -0.2) is 4.79 Å². The number of nitrogens with zero attached hydrogens (tertiary/aromatic N) is 2. The van der Waals surface area contributed by atoms with Crippen molar-refractivity contribution < 1.29 is 19.4 Å². The predicted octanol–water partition coefficient (Wildman–Crippen LogP) is 2.93. The maximum absolute atomic E-state index is 12.8. The molecule has 7 heteroatoms. The van der Waals surface area contributed by atoms with Crippen molar-refractivity contribution in [2.75, 3.05) is 32.1 Å². The summed E-state index contributed by atoms with van der Waals surface area (Å²) in [7, 11) is 1.57. The number of fused-ring (bicyclic) bond motifs is 1. The average molecular weight is 421 g/mol. The van der Waals surface area contributed by atoms with E-state index in [0.29, 0.717) is 18.0 Å². The van der Waals surface area contributed by atoms with Gasteiger partial charge in [0, 0.05) is 24.2 Å². The van der Waals surface area contributed by atoms with Gasteiger partial charge in [-0.2, -0.15) is 0 Å². The van der Waals surface area contributed by atoms with Crippen molar-refractivity contribution in [2.45, 2.75) is 24.9 Å². The number of methoxy groups -OCH3 is 1. The molecule has 2 N–H and O–H groups in total. The molecular weight excluding hydrogens is 394 g/mol. The van der Waals surface area contributed by atoms with Crippen molar-refractivity contribution in [1.29, 1.82) is 0 Å². The lowest BCUT2D eigenvalue weighted by molar-refractivity contribution is -0.159. The SMILES string of the molecule is C/C=C/c1ccc([C@H]2[C@H]3CN(C(=O)Nc4cccc(OC)c4)CC(=O)N3[C@H]2CO)cc1. The highest BCUT2D eigenvalue weighted by Crippen LogP contribution is 2.43. The van der Waals surface area contributed by atoms with Crippen LogP contribution in [0.25, 0.3) is 6.08 Å². The van der Waals surface area contributed by atoms with Crippen LogP contribution in [0.15, 0.2) is 54.6 Å². The summed E-state index contributed by atoms with van der Waals surface area (Å²) in [5.41, 5.74) is 2.77. The maximum Gasteiger partial charge on any atom is 0.322 e. The van der Waals surface area contributed by atoms with Gasteiger partial charge in [0.1, 0.15) is 12.3 Å². The Morgan fingerprint density at radius 2 is 2.03 bits per heavy atom. The van der Waals surface area contributed by atoms with E-state index in [1.54, 1.807) is 36.3 Å². The molecule has 162 valence electrons. The minimum atomic E-state index is -0.323. The Balaban J connectivity index is 1.50. The third-order valence-corrected chi connectivity index (χ3v) is 6.04. The van der Waals surface area contributed by atoms with Crippen LogP contribution in [-0.2, 0) is 4.79 Å². The number of piperazine rings is 1. The van der Waals surface area contributed by atoms with Gasteiger partial charge in [0.25, 0.3) is 0 Å². The van der Waals surface area contributed by atoms with Crippen molar-refractivity contribution >= 4 is 23.7 Å². The smallest absolute Gasteiger partial charge is 0.322 e. The second kappa shape index (κ2) is 8.81. The molecule has 3 amide bonds. The molecule has 4 rings (SSSR count). The molecule has 0 aliphatic carbocycles. The van der Waals surface area contributed by atoms with Crippen molar-refractivity contribution in [1.82, 2.24) is 9.80 Å². The Morgan fingerprint density at radius 1 is 1.26 bits per heavy atom. The number of ether oxygens (including phenoxy) is 1. The van der Waals surface area contributed by atoms with E-state index in [1.165, 1.54) is 4.90 Å². The minimum Gasteiger partial charge on any atom is -0.497 e. The average Bonchev–Trinajstić information content (AvgIpc) is 2.76. The lowest BCUT2D eigenvalue weighted by Crippen LogP contribution is -2.73. The van der Waals surface area contributed by atoms with Crippen LogP contribution >= 0.6 is 0 Å². The number of aliphatic hydroxyl groups excluding tert-OH is 1. The normalized spacial score (nSPS) is 22.8. The van der Waals surface area contributed by atoms with Crippen LogP contribution in [0.1, 0.15) is 24.0 Å². The molecule has 2 aliphatic heterocycles. The van der Waals surface area contributed by atoms with E-state index in [1.807, 2.05) is 43.3 Å². The molecule has 0 unspecified atom stereocenters. The third kappa shape index (κ3) is 4.01. The molecule has 2 aromatic carbocycles. The molecule has 2 heterocycles. The summed E-state index contributed by atoms with van der Waals surface area (Å²) in [5.74, 6) is 0.490. The number of carbonyl (C=O) groups is 2. The zero-order chi connectivity index (χ0) is 22.0. The molecular formula is C24H27N3O4. The molecule has 0 spiro atoms. The summed E-state index contributed by atoms with van der Waals surface area (Å²) in [6.07, 6.45) is 4.00. The van der Waals surface area contributed by atoms with Gasteiger partial charge in [-0.05, 0) is 30.2 Å². The Bertz CT molecular complexity index is 989. The topological polar surface area (TPSA) is 82.1 Å². The molecule has 2 aromatic rings. The summed E-state index contributed by atoms with van der Waals surface area (Å²) in [6, 6.07) is 14.5. The summed E-state index contributed by atoms with van der Waals surface area (Å²) in [4.78, 5) is 28.9. The first kappa shape index (κ1) is 20.9. The summed E-state index contributed by atoms with van der Waals surface area (Å²) in [5, 5.41) is 12.8. The maximum atomic E-state index is 12.8. The first-order chi connectivity index (χ1) is 15.0. The van der Waals surface area contributed by atoms with Gasteiger partial charge in [0.15, 0.2) is 0 Å². The Hall–Kier alpha value is -3.32. The number of anilines is 1. The number of hydrogen-bond acceptors (Lipinski definition) is 4.